The number of benzene rings is 2. The van der Waals surface area contributed by atoms with E-state index in [1.807, 2.05) is 25.1 Å². The van der Waals surface area contributed by atoms with Crippen molar-refractivity contribution in [3.63, 3.8) is 0 Å². The molecule has 1 amide bonds. The zero-order chi connectivity index (χ0) is 21.1. The number of carbonyl (C=O) groups excluding carboxylic acids is 1. The van der Waals surface area contributed by atoms with Gasteiger partial charge in [-0.05, 0) is 36.2 Å². The number of guanidine groups is 1. The summed E-state index contributed by atoms with van der Waals surface area (Å²) in [5.41, 5.74) is 6.04. The van der Waals surface area contributed by atoms with Gasteiger partial charge in [-0.15, -0.1) is 0 Å². The van der Waals surface area contributed by atoms with Crippen LogP contribution in [0.4, 0.5) is 4.39 Å². The van der Waals surface area contributed by atoms with E-state index < -0.39 is 5.91 Å². The highest BCUT2D eigenvalue weighted by Gasteiger charge is 2.12. The molecule has 0 spiro atoms. The Kier molecular flexibility index (Phi) is 8.75. The van der Waals surface area contributed by atoms with E-state index in [1.165, 1.54) is 6.07 Å². The van der Waals surface area contributed by atoms with Crippen molar-refractivity contribution in [1.29, 1.82) is 0 Å². The Morgan fingerprint density at radius 3 is 2.69 bits per heavy atom. The van der Waals surface area contributed by atoms with Gasteiger partial charge in [0.15, 0.2) is 24.1 Å². The van der Waals surface area contributed by atoms with Crippen molar-refractivity contribution in [2.24, 2.45) is 10.7 Å². The molecule has 7 nitrogen and oxygen atoms in total. The van der Waals surface area contributed by atoms with Gasteiger partial charge in [0.05, 0.1) is 6.54 Å². The van der Waals surface area contributed by atoms with Crippen molar-refractivity contribution >= 4 is 11.9 Å². The van der Waals surface area contributed by atoms with E-state index in [9.17, 15) is 9.18 Å². The highest BCUT2D eigenvalue weighted by Crippen LogP contribution is 2.18. The molecule has 2 aromatic carbocycles. The Hall–Kier alpha value is -3.29. The number of aliphatic imine (C=N–C) groups is 1. The lowest BCUT2D eigenvalue weighted by molar-refractivity contribution is -0.119. The summed E-state index contributed by atoms with van der Waals surface area (Å²) in [6.07, 6.45) is 0.494. The molecule has 1 unspecified atom stereocenters. The summed E-state index contributed by atoms with van der Waals surface area (Å²) >= 11 is 0. The summed E-state index contributed by atoms with van der Waals surface area (Å²) in [5.74, 6) is 0.476. The molecule has 0 heterocycles. The molecule has 0 fully saturated rings. The molecule has 1 atom stereocenters. The molecule has 0 saturated carbocycles. The van der Waals surface area contributed by atoms with Crippen molar-refractivity contribution in [2.75, 3.05) is 20.2 Å². The van der Waals surface area contributed by atoms with Crippen molar-refractivity contribution in [2.45, 2.75) is 26.0 Å². The molecular formula is C21H27FN4O3. The van der Waals surface area contributed by atoms with Crippen LogP contribution in [0.2, 0.25) is 0 Å². The van der Waals surface area contributed by atoms with Crippen LogP contribution in [0.5, 0.6) is 11.5 Å². The Balaban J connectivity index is 1.85. The number of para-hydroxylation sites is 1. The zero-order valence-electron chi connectivity index (χ0n) is 16.7. The van der Waals surface area contributed by atoms with Crippen LogP contribution in [-0.2, 0) is 11.3 Å². The minimum absolute atomic E-state index is 0.166. The highest BCUT2D eigenvalue weighted by atomic mass is 19.1. The average molecular weight is 402 g/mol. The number of nitrogens with zero attached hydrogens (tertiary/aromatic N) is 1. The van der Waals surface area contributed by atoms with Gasteiger partial charge >= 0.3 is 0 Å². The number of rotatable bonds is 10. The van der Waals surface area contributed by atoms with Crippen LogP contribution < -0.4 is 25.8 Å². The number of carbonyl (C=O) groups is 1. The second kappa shape index (κ2) is 11.5. The van der Waals surface area contributed by atoms with Crippen LogP contribution in [0.1, 0.15) is 18.9 Å². The van der Waals surface area contributed by atoms with Gasteiger partial charge in [0.1, 0.15) is 11.9 Å². The second-order valence-electron chi connectivity index (χ2n) is 6.29. The predicted octanol–water partition coefficient (Wildman–Crippen LogP) is 2.21. The summed E-state index contributed by atoms with van der Waals surface area (Å²) in [7, 11) is 1.67. The van der Waals surface area contributed by atoms with Crippen LogP contribution >= 0.6 is 0 Å². The van der Waals surface area contributed by atoms with Gasteiger partial charge in [-0.2, -0.15) is 0 Å². The van der Waals surface area contributed by atoms with Gasteiger partial charge in [0, 0.05) is 13.6 Å². The molecule has 2 rings (SSSR count). The Bertz CT molecular complexity index is 829. The fourth-order valence-corrected chi connectivity index (χ4v) is 2.51. The summed E-state index contributed by atoms with van der Waals surface area (Å²) in [6, 6.07) is 13.7. The predicted molar refractivity (Wildman–Crippen MR) is 110 cm³/mol. The van der Waals surface area contributed by atoms with E-state index >= 15 is 0 Å². The number of ether oxygens (including phenoxy) is 2. The lowest BCUT2D eigenvalue weighted by atomic mass is 10.2. The number of hydrogen-bond acceptors (Lipinski definition) is 4. The average Bonchev–Trinajstić information content (AvgIpc) is 2.73. The lowest BCUT2D eigenvalue weighted by Gasteiger charge is -2.20. The Morgan fingerprint density at radius 1 is 1.21 bits per heavy atom. The molecule has 2 aromatic rings. The van der Waals surface area contributed by atoms with E-state index in [4.69, 9.17) is 15.2 Å². The number of primary amides is 1. The maximum atomic E-state index is 13.8. The first kappa shape index (κ1) is 22.0. The van der Waals surface area contributed by atoms with Crippen LogP contribution in [0.15, 0.2) is 53.5 Å². The standard InChI is InChI=1S/C21H27FN4O3/c1-3-16(29-19-10-5-4-9-18(19)22)13-26-21(24-2)25-12-15-7-6-8-17(11-15)28-14-20(23)27/h4-11,16H,3,12-14H2,1-2H3,(H2,23,27)(H2,24,25,26). The molecule has 0 bridgehead atoms. The summed E-state index contributed by atoms with van der Waals surface area (Å²) in [4.78, 5) is 15.0. The number of hydrogen-bond donors (Lipinski definition) is 3. The Morgan fingerprint density at radius 2 is 2.00 bits per heavy atom. The maximum Gasteiger partial charge on any atom is 0.255 e. The van der Waals surface area contributed by atoms with Gasteiger partial charge in [-0.3, -0.25) is 9.79 Å². The van der Waals surface area contributed by atoms with E-state index in [0.717, 1.165) is 5.56 Å². The molecule has 29 heavy (non-hydrogen) atoms. The van der Waals surface area contributed by atoms with E-state index in [1.54, 1.807) is 31.3 Å². The number of halogens is 1. The van der Waals surface area contributed by atoms with Gasteiger partial charge < -0.3 is 25.8 Å². The smallest absolute Gasteiger partial charge is 0.255 e. The fraction of sp³-hybridized carbons (Fsp3) is 0.333. The normalized spacial score (nSPS) is 12.2. The molecule has 0 aliphatic rings. The maximum absolute atomic E-state index is 13.8. The summed E-state index contributed by atoms with van der Waals surface area (Å²) in [6.45, 7) is 2.77. The monoisotopic (exact) mass is 402 g/mol. The topological polar surface area (TPSA) is 98.0 Å². The van der Waals surface area contributed by atoms with E-state index in [0.29, 0.717) is 31.2 Å². The number of nitrogens with two attached hydrogens (primary N) is 1. The van der Waals surface area contributed by atoms with Gasteiger partial charge in [-0.25, -0.2) is 4.39 Å². The summed E-state index contributed by atoms with van der Waals surface area (Å²) in [5, 5.41) is 6.38. The van der Waals surface area contributed by atoms with Crippen LogP contribution in [-0.4, -0.2) is 38.2 Å². The van der Waals surface area contributed by atoms with E-state index in [2.05, 4.69) is 15.6 Å². The van der Waals surface area contributed by atoms with Crippen molar-refractivity contribution < 1.29 is 18.7 Å². The SMILES string of the molecule is CCC(CNC(=NC)NCc1cccc(OCC(N)=O)c1)Oc1ccccc1F. The molecule has 156 valence electrons. The quantitative estimate of drug-likeness (QED) is 0.418. The molecule has 0 aliphatic heterocycles. The van der Waals surface area contributed by atoms with Crippen LogP contribution in [0, 0.1) is 5.82 Å². The first-order chi connectivity index (χ1) is 14.0. The third-order valence-electron chi connectivity index (χ3n) is 4.05. The minimum atomic E-state index is -0.527. The minimum Gasteiger partial charge on any atom is -0.486 e. The lowest BCUT2D eigenvalue weighted by Crippen LogP contribution is -2.42. The molecule has 4 N–H and O–H groups in total. The molecule has 0 aromatic heterocycles. The largest absolute Gasteiger partial charge is 0.486 e. The Labute approximate surface area is 170 Å². The van der Waals surface area contributed by atoms with Gasteiger partial charge in [-0.1, -0.05) is 31.2 Å². The molecular weight excluding hydrogens is 375 g/mol. The van der Waals surface area contributed by atoms with Crippen molar-refractivity contribution in [3.05, 3.63) is 59.9 Å². The molecule has 8 heteroatoms. The van der Waals surface area contributed by atoms with Gasteiger partial charge in [0.25, 0.3) is 5.91 Å². The zero-order valence-corrected chi connectivity index (χ0v) is 16.7. The first-order valence-electron chi connectivity index (χ1n) is 9.37. The number of nitrogens with one attached hydrogen (secondary N) is 2. The summed E-state index contributed by atoms with van der Waals surface area (Å²) < 4.78 is 24.8. The second-order valence-corrected chi connectivity index (χ2v) is 6.29. The molecule has 0 saturated heterocycles. The third-order valence-corrected chi connectivity index (χ3v) is 4.05. The molecule has 0 aliphatic carbocycles. The number of amides is 1. The molecule has 0 radical (unpaired) electrons. The van der Waals surface area contributed by atoms with Crippen molar-refractivity contribution in [1.82, 2.24) is 10.6 Å². The van der Waals surface area contributed by atoms with Gasteiger partial charge in [0.2, 0.25) is 0 Å². The van der Waals surface area contributed by atoms with Crippen LogP contribution in [0.25, 0.3) is 0 Å². The third kappa shape index (κ3) is 7.69. The van der Waals surface area contributed by atoms with E-state index in [-0.39, 0.29) is 24.3 Å². The highest BCUT2D eigenvalue weighted by molar-refractivity contribution is 5.79. The first-order valence-corrected chi connectivity index (χ1v) is 9.37. The van der Waals surface area contributed by atoms with Crippen molar-refractivity contribution in [3.8, 4) is 11.5 Å². The fourth-order valence-electron chi connectivity index (χ4n) is 2.51. The van der Waals surface area contributed by atoms with Crippen LogP contribution in [0.3, 0.4) is 0 Å².